The molecule has 1 saturated heterocycles. The highest BCUT2D eigenvalue weighted by Crippen LogP contribution is 2.34. The number of H-pyrrole nitrogens is 1. The van der Waals surface area contributed by atoms with E-state index >= 15 is 0 Å². The van der Waals surface area contributed by atoms with Crippen LogP contribution in [0.5, 0.6) is 0 Å². The summed E-state index contributed by atoms with van der Waals surface area (Å²) in [5.74, 6) is -0.323. The summed E-state index contributed by atoms with van der Waals surface area (Å²) in [5, 5.41) is 4.32. The van der Waals surface area contributed by atoms with Crippen LogP contribution in [0.3, 0.4) is 0 Å². The number of imide groups is 1. The molecule has 0 atom stereocenters. The fourth-order valence-electron chi connectivity index (χ4n) is 3.10. The number of carbonyl (C=O) groups excluding carboxylic acids is 2. The van der Waals surface area contributed by atoms with Gasteiger partial charge in [0.15, 0.2) is 0 Å². The van der Waals surface area contributed by atoms with Crippen LogP contribution in [-0.4, -0.2) is 16.1 Å². The third-order valence-corrected chi connectivity index (χ3v) is 5.02. The molecule has 4 rings (SSSR count). The Kier molecular flexibility index (Phi) is 3.06. The topological polar surface area (TPSA) is 62.0 Å². The molecule has 5 heteroatoms. The van der Waals surface area contributed by atoms with Crippen LogP contribution < -0.4 is 5.32 Å². The summed E-state index contributed by atoms with van der Waals surface area (Å²) in [5.41, 5.74) is 5.39. The molecule has 3 aromatic rings. The SMILES string of the molecule is Cc1cc(/C=C2/SC(=O)NC2=O)c(C)c2c1[nH]c1ccccc12. The van der Waals surface area contributed by atoms with Crippen molar-refractivity contribution in [3.63, 3.8) is 0 Å². The van der Waals surface area contributed by atoms with E-state index < -0.39 is 0 Å². The summed E-state index contributed by atoms with van der Waals surface area (Å²) >= 11 is 0.948. The first-order chi connectivity index (χ1) is 11.0. The Morgan fingerprint density at radius 1 is 1.13 bits per heavy atom. The normalized spacial score (nSPS) is 16.7. The van der Waals surface area contributed by atoms with Crippen molar-refractivity contribution in [1.29, 1.82) is 0 Å². The van der Waals surface area contributed by atoms with Crippen LogP contribution in [-0.2, 0) is 4.79 Å². The molecule has 114 valence electrons. The third kappa shape index (κ3) is 2.16. The highest BCUT2D eigenvalue weighted by Gasteiger charge is 2.25. The van der Waals surface area contributed by atoms with Gasteiger partial charge in [-0.15, -0.1) is 0 Å². The summed E-state index contributed by atoms with van der Waals surface area (Å²) in [7, 11) is 0. The molecule has 0 spiro atoms. The zero-order valence-electron chi connectivity index (χ0n) is 12.7. The van der Waals surface area contributed by atoms with Crippen LogP contribution >= 0.6 is 11.8 Å². The van der Waals surface area contributed by atoms with Gasteiger partial charge in [0.1, 0.15) is 0 Å². The second kappa shape index (κ2) is 4.99. The van der Waals surface area contributed by atoms with Crippen LogP contribution in [0.4, 0.5) is 4.79 Å². The summed E-state index contributed by atoms with van der Waals surface area (Å²) in [6, 6.07) is 10.2. The molecule has 2 amide bonds. The van der Waals surface area contributed by atoms with Crippen LogP contribution in [0, 0.1) is 13.8 Å². The molecule has 23 heavy (non-hydrogen) atoms. The molecule has 2 aromatic carbocycles. The number of amides is 2. The van der Waals surface area contributed by atoms with Gasteiger partial charge in [-0.3, -0.25) is 14.9 Å². The Morgan fingerprint density at radius 3 is 2.65 bits per heavy atom. The Morgan fingerprint density at radius 2 is 1.91 bits per heavy atom. The second-order valence-electron chi connectivity index (χ2n) is 5.68. The van der Waals surface area contributed by atoms with Gasteiger partial charge in [0.25, 0.3) is 11.1 Å². The molecule has 1 aliphatic rings. The van der Waals surface area contributed by atoms with E-state index in [2.05, 4.69) is 28.5 Å². The lowest BCUT2D eigenvalue weighted by Gasteiger charge is -2.07. The Bertz CT molecular complexity index is 1030. The number of hydrogen-bond donors (Lipinski definition) is 2. The lowest BCUT2D eigenvalue weighted by atomic mass is 9.98. The predicted molar refractivity (Wildman–Crippen MR) is 94.4 cm³/mol. The van der Waals surface area contributed by atoms with Crippen LogP contribution in [0.25, 0.3) is 27.9 Å². The lowest BCUT2D eigenvalue weighted by Crippen LogP contribution is -2.17. The van der Waals surface area contributed by atoms with Crippen LogP contribution in [0.1, 0.15) is 16.7 Å². The smallest absolute Gasteiger partial charge is 0.290 e. The molecule has 1 aliphatic heterocycles. The van der Waals surface area contributed by atoms with Crippen molar-refractivity contribution >= 4 is 50.8 Å². The maximum atomic E-state index is 11.8. The van der Waals surface area contributed by atoms with Crippen molar-refractivity contribution in [1.82, 2.24) is 10.3 Å². The molecule has 0 saturated carbocycles. The first-order valence-corrected chi connectivity index (χ1v) is 8.12. The lowest BCUT2D eigenvalue weighted by molar-refractivity contribution is -0.115. The second-order valence-corrected chi connectivity index (χ2v) is 6.70. The molecule has 1 aromatic heterocycles. The number of hydrogen-bond acceptors (Lipinski definition) is 3. The molecule has 0 bridgehead atoms. The Labute approximate surface area is 136 Å². The number of carbonyl (C=O) groups is 2. The number of rotatable bonds is 1. The van der Waals surface area contributed by atoms with Gasteiger partial charge < -0.3 is 4.98 Å². The minimum atomic E-state index is -0.323. The van der Waals surface area contributed by atoms with Crippen molar-refractivity contribution in [2.75, 3.05) is 0 Å². The van der Waals surface area contributed by atoms with E-state index in [0.717, 1.165) is 39.5 Å². The molecule has 0 aliphatic carbocycles. The summed E-state index contributed by atoms with van der Waals surface area (Å²) < 4.78 is 0. The average molecular weight is 322 g/mol. The average Bonchev–Trinajstić information content (AvgIpc) is 3.05. The van der Waals surface area contributed by atoms with E-state index in [4.69, 9.17) is 0 Å². The Hall–Kier alpha value is -2.53. The molecule has 2 heterocycles. The number of thioether (sulfide) groups is 1. The zero-order valence-corrected chi connectivity index (χ0v) is 13.5. The van der Waals surface area contributed by atoms with Gasteiger partial charge in [-0.25, -0.2) is 0 Å². The zero-order chi connectivity index (χ0) is 16.1. The quantitative estimate of drug-likeness (QED) is 0.658. The van der Waals surface area contributed by atoms with Crippen molar-refractivity contribution in [2.45, 2.75) is 13.8 Å². The number of aromatic amines is 1. The Balaban J connectivity index is 2.00. The first-order valence-electron chi connectivity index (χ1n) is 7.30. The van der Waals surface area contributed by atoms with Gasteiger partial charge >= 0.3 is 0 Å². The number of fused-ring (bicyclic) bond motifs is 3. The third-order valence-electron chi connectivity index (χ3n) is 4.21. The van der Waals surface area contributed by atoms with E-state index in [-0.39, 0.29) is 11.1 Å². The van der Waals surface area contributed by atoms with Crippen molar-refractivity contribution in [3.8, 4) is 0 Å². The highest BCUT2D eigenvalue weighted by atomic mass is 32.2. The number of aromatic nitrogens is 1. The van der Waals surface area contributed by atoms with E-state index in [1.807, 2.05) is 26.0 Å². The number of para-hydroxylation sites is 1. The van der Waals surface area contributed by atoms with Gasteiger partial charge in [-0.1, -0.05) is 18.2 Å². The largest absolute Gasteiger partial charge is 0.354 e. The van der Waals surface area contributed by atoms with Crippen LogP contribution in [0.2, 0.25) is 0 Å². The highest BCUT2D eigenvalue weighted by molar-refractivity contribution is 8.18. The number of nitrogens with one attached hydrogen (secondary N) is 2. The fourth-order valence-corrected chi connectivity index (χ4v) is 3.77. The predicted octanol–water partition coefficient (Wildman–Crippen LogP) is 4.26. The van der Waals surface area contributed by atoms with Crippen molar-refractivity contribution < 1.29 is 9.59 Å². The minimum absolute atomic E-state index is 0.316. The summed E-state index contributed by atoms with van der Waals surface area (Å²) in [4.78, 5) is 27.0. The standard InChI is InChI=1S/C18H14N2O2S/c1-9-7-11(8-14-17(21)20-18(22)23-14)10(2)15-12-5-3-4-6-13(12)19-16(9)15/h3-8,19H,1-2H3,(H,20,21,22)/b14-8+. The maximum absolute atomic E-state index is 11.8. The monoisotopic (exact) mass is 322 g/mol. The van der Waals surface area contributed by atoms with E-state index in [1.165, 1.54) is 10.8 Å². The number of benzene rings is 2. The first kappa shape index (κ1) is 14.1. The molecule has 0 unspecified atom stereocenters. The molecule has 2 N–H and O–H groups in total. The molecular weight excluding hydrogens is 308 g/mol. The van der Waals surface area contributed by atoms with E-state index in [1.54, 1.807) is 6.08 Å². The molecule has 4 nitrogen and oxygen atoms in total. The van der Waals surface area contributed by atoms with Gasteiger partial charge in [-0.2, -0.15) is 0 Å². The van der Waals surface area contributed by atoms with Gasteiger partial charge in [0.2, 0.25) is 0 Å². The molecule has 1 fully saturated rings. The van der Waals surface area contributed by atoms with E-state index in [9.17, 15) is 9.59 Å². The van der Waals surface area contributed by atoms with E-state index in [0.29, 0.717) is 4.91 Å². The van der Waals surface area contributed by atoms with Crippen LogP contribution in [0.15, 0.2) is 35.2 Å². The summed E-state index contributed by atoms with van der Waals surface area (Å²) in [6.07, 6.45) is 1.80. The summed E-state index contributed by atoms with van der Waals surface area (Å²) in [6.45, 7) is 4.10. The maximum Gasteiger partial charge on any atom is 0.290 e. The van der Waals surface area contributed by atoms with Crippen molar-refractivity contribution in [3.05, 3.63) is 51.9 Å². The number of aryl methyl sites for hydroxylation is 2. The minimum Gasteiger partial charge on any atom is -0.354 e. The van der Waals surface area contributed by atoms with Gasteiger partial charge in [0.05, 0.1) is 4.91 Å². The van der Waals surface area contributed by atoms with Crippen molar-refractivity contribution in [2.24, 2.45) is 0 Å². The van der Waals surface area contributed by atoms with Gasteiger partial charge in [0, 0.05) is 21.8 Å². The molecular formula is C18H14N2O2S. The molecule has 0 radical (unpaired) electrons. The fraction of sp³-hybridized carbons (Fsp3) is 0.111. The van der Waals surface area contributed by atoms with Gasteiger partial charge in [-0.05, 0) is 60.5 Å².